The molecule has 1 heterocycles. The molecule has 1 aromatic carbocycles. The van der Waals surface area contributed by atoms with Gasteiger partial charge in [-0.15, -0.1) is 0 Å². The summed E-state index contributed by atoms with van der Waals surface area (Å²) in [5, 5.41) is 5.51. The van der Waals surface area contributed by atoms with Gasteiger partial charge in [0.15, 0.2) is 0 Å². The van der Waals surface area contributed by atoms with Gasteiger partial charge in [0.25, 0.3) is 0 Å². The van der Waals surface area contributed by atoms with Crippen molar-refractivity contribution in [3.63, 3.8) is 0 Å². The van der Waals surface area contributed by atoms with Crippen molar-refractivity contribution in [3.8, 4) is 0 Å². The summed E-state index contributed by atoms with van der Waals surface area (Å²) in [7, 11) is 1.88. The Hall–Kier alpha value is -1.56. The number of aromatic nitrogens is 2. The first kappa shape index (κ1) is 13.9. The number of hydrogen-bond donors (Lipinski definition) is 1. The lowest BCUT2D eigenvalue weighted by Gasteiger charge is -2.24. The fourth-order valence-corrected chi connectivity index (χ4v) is 2.60. The van der Waals surface area contributed by atoms with Gasteiger partial charge in [-0.1, -0.05) is 12.1 Å². The third-order valence-corrected chi connectivity index (χ3v) is 3.55. The van der Waals surface area contributed by atoms with E-state index in [1.807, 2.05) is 43.8 Å². The van der Waals surface area contributed by atoms with E-state index in [1.165, 1.54) is 0 Å². The van der Waals surface area contributed by atoms with Crippen LogP contribution in [0, 0.1) is 0 Å². The van der Waals surface area contributed by atoms with Gasteiger partial charge in [-0.25, -0.2) is 4.79 Å². The minimum Gasteiger partial charge on any atom is -0.443 e. The standard InChI is InChI=1S/C13H16BrN3O2/c1-13(2,19-12(15)18)7-10-8-5-4-6-9(14)11(8)16-17(10)3/h4-6H,7H2,1-3H3,(H2,15,18). The topological polar surface area (TPSA) is 70.1 Å². The molecular weight excluding hydrogens is 310 g/mol. The summed E-state index contributed by atoms with van der Waals surface area (Å²) >= 11 is 3.48. The highest BCUT2D eigenvalue weighted by Crippen LogP contribution is 2.28. The Morgan fingerprint density at radius 3 is 2.84 bits per heavy atom. The zero-order valence-electron chi connectivity index (χ0n) is 11.1. The molecule has 0 aliphatic heterocycles. The number of benzene rings is 1. The number of primary amides is 1. The van der Waals surface area contributed by atoms with E-state index in [0.717, 1.165) is 21.1 Å². The van der Waals surface area contributed by atoms with Crippen LogP contribution in [0.4, 0.5) is 4.79 Å². The molecule has 6 heteroatoms. The second-order valence-corrected chi connectivity index (χ2v) is 5.92. The van der Waals surface area contributed by atoms with Gasteiger partial charge < -0.3 is 10.5 Å². The number of nitrogens with zero attached hydrogens (tertiary/aromatic N) is 2. The molecule has 0 fully saturated rings. The first-order chi connectivity index (χ1) is 8.80. The first-order valence-electron chi connectivity index (χ1n) is 5.89. The Bertz CT molecular complexity index is 634. The van der Waals surface area contributed by atoms with Crippen LogP contribution in [0.15, 0.2) is 22.7 Å². The molecule has 2 aromatic rings. The van der Waals surface area contributed by atoms with Crippen LogP contribution in [0.3, 0.4) is 0 Å². The SMILES string of the molecule is Cn1nc2c(Br)cccc2c1CC(C)(C)OC(N)=O. The lowest BCUT2D eigenvalue weighted by atomic mass is 10.00. The highest BCUT2D eigenvalue weighted by molar-refractivity contribution is 9.10. The molecule has 5 nitrogen and oxygen atoms in total. The Kier molecular flexibility index (Phi) is 3.54. The number of carbonyl (C=O) groups excluding carboxylic acids is 1. The van der Waals surface area contributed by atoms with Crippen LogP contribution in [0.1, 0.15) is 19.5 Å². The van der Waals surface area contributed by atoms with Gasteiger partial charge in [0.1, 0.15) is 11.1 Å². The maximum atomic E-state index is 10.9. The van der Waals surface area contributed by atoms with Crippen LogP contribution in [0.25, 0.3) is 10.9 Å². The van der Waals surface area contributed by atoms with Crippen LogP contribution in [0.5, 0.6) is 0 Å². The van der Waals surface area contributed by atoms with Crippen molar-refractivity contribution in [3.05, 3.63) is 28.4 Å². The molecule has 1 amide bonds. The van der Waals surface area contributed by atoms with E-state index in [-0.39, 0.29) is 0 Å². The Balaban J connectivity index is 2.43. The van der Waals surface area contributed by atoms with Gasteiger partial charge in [0.05, 0.1) is 0 Å². The fraction of sp³-hybridized carbons (Fsp3) is 0.385. The summed E-state index contributed by atoms with van der Waals surface area (Å²) < 4.78 is 7.88. The van der Waals surface area contributed by atoms with Crippen LogP contribution < -0.4 is 5.73 Å². The Labute approximate surface area is 119 Å². The zero-order chi connectivity index (χ0) is 14.2. The number of amides is 1. The van der Waals surface area contributed by atoms with E-state index in [9.17, 15) is 4.79 Å². The second kappa shape index (κ2) is 4.85. The molecule has 0 radical (unpaired) electrons. The molecule has 1 aromatic heterocycles. The summed E-state index contributed by atoms with van der Waals surface area (Å²) in [6.45, 7) is 3.66. The predicted octanol–water partition coefficient (Wildman–Crippen LogP) is 2.75. The number of carbonyl (C=O) groups is 1. The van der Waals surface area contributed by atoms with Gasteiger partial charge in [-0.05, 0) is 35.8 Å². The van der Waals surface area contributed by atoms with Gasteiger partial charge in [0, 0.05) is 29.0 Å². The molecule has 0 saturated carbocycles. The Morgan fingerprint density at radius 2 is 2.21 bits per heavy atom. The van der Waals surface area contributed by atoms with E-state index >= 15 is 0 Å². The highest BCUT2D eigenvalue weighted by atomic mass is 79.9. The van der Waals surface area contributed by atoms with E-state index in [2.05, 4.69) is 21.0 Å². The van der Waals surface area contributed by atoms with E-state index in [0.29, 0.717) is 6.42 Å². The number of nitrogens with two attached hydrogens (primary N) is 1. The zero-order valence-corrected chi connectivity index (χ0v) is 12.7. The average Bonchev–Trinajstić information content (AvgIpc) is 2.56. The molecule has 0 bridgehead atoms. The summed E-state index contributed by atoms with van der Waals surface area (Å²) in [6, 6.07) is 5.91. The predicted molar refractivity (Wildman–Crippen MR) is 76.9 cm³/mol. The molecule has 2 N–H and O–H groups in total. The van der Waals surface area contributed by atoms with E-state index < -0.39 is 11.7 Å². The maximum absolute atomic E-state index is 10.9. The molecule has 0 aliphatic carbocycles. The van der Waals surface area contributed by atoms with Crippen LogP contribution in [-0.2, 0) is 18.2 Å². The Morgan fingerprint density at radius 1 is 1.53 bits per heavy atom. The van der Waals surface area contributed by atoms with Crippen LogP contribution in [0.2, 0.25) is 0 Å². The van der Waals surface area contributed by atoms with Gasteiger partial charge >= 0.3 is 6.09 Å². The fourth-order valence-electron chi connectivity index (χ4n) is 2.16. The van der Waals surface area contributed by atoms with E-state index in [4.69, 9.17) is 10.5 Å². The van der Waals surface area contributed by atoms with Crippen molar-refractivity contribution < 1.29 is 9.53 Å². The number of hydrogen-bond acceptors (Lipinski definition) is 3. The number of halogens is 1. The summed E-state index contributed by atoms with van der Waals surface area (Å²) in [5.41, 5.74) is 6.32. The highest BCUT2D eigenvalue weighted by Gasteiger charge is 2.25. The molecule has 102 valence electrons. The quantitative estimate of drug-likeness (QED) is 0.943. The smallest absolute Gasteiger partial charge is 0.405 e. The van der Waals surface area contributed by atoms with Crippen LogP contribution in [-0.4, -0.2) is 21.5 Å². The van der Waals surface area contributed by atoms with E-state index in [1.54, 1.807) is 0 Å². The molecule has 0 saturated heterocycles. The minimum atomic E-state index is -0.766. The molecule has 0 unspecified atom stereocenters. The van der Waals surface area contributed by atoms with Crippen molar-refractivity contribution in [1.82, 2.24) is 9.78 Å². The summed E-state index contributed by atoms with van der Waals surface area (Å²) in [6.07, 6.45) is -0.225. The normalized spacial score (nSPS) is 11.8. The lowest BCUT2D eigenvalue weighted by molar-refractivity contribution is 0.0449. The van der Waals surface area contributed by atoms with Gasteiger partial charge in [-0.2, -0.15) is 5.10 Å². The molecule has 2 rings (SSSR count). The van der Waals surface area contributed by atoms with Crippen molar-refractivity contribution in [2.75, 3.05) is 0 Å². The second-order valence-electron chi connectivity index (χ2n) is 5.06. The van der Waals surface area contributed by atoms with Crippen LogP contribution >= 0.6 is 15.9 Å². The van der Waals surface area contributed by atoms with Crippen molar-refractivity contribution in [1.29, 1.82) is 0 Å². The number of ether oxygens (including phenoxy) is 1. The van der Waals surface area contributed by atoms with Crippen molar-refractivity contribution in [2.24, 2.45) is 12.8 Å². The van der Waals surface area contributed by atoms with Crippen molar-refractivity contribution >= 4 is 32.9 Å². The number of fused-ring (bicyclic) bond motifs is 1. The largest absolute Gasteiger partial charge is 0.443 e. The van der Waals surface area contributed by atoms with Gasteiger partial charge in [0.2, 0.25) is 0 Å². The lowest BCUT2D eigenvalue weighted by Crippen LogP contribution is -2.33. The monoisotopic (exact) mass is 325 g/mol. The molecule has 0 spiro atoms. The summed E-state index contributed by atoms with van der Waals surface area (Å²) in [5.74, 6) is 0. The van der Waals surface area contributed by atoms with Gasteiger partial charge in [-0.3, -0.25) is 4.68 Å². The molecule has 19 heavy (non-hydrogen) atoms. The molecule has 0 aliphatic rings. The molecular formula is C13H16BrN3O2. The maximum Gasteiger partial charge on any atom is 0.405 e. The van der Waals surface area contributed by atoms with Crippen molar-refractivity contribution in [2.45, 2.75) is 25.9 Å². The summed E-state index contributed by atoms with van der Waals surface area (Å²) in [4.78, 5) is 10.9. The molecule has 0 atom stereocenters. The average molecular weight is 326 g/mol. The third kappa shape index (κ3) is 2.89. The minimum absolute atomic E-state index is 0.541. The first-order valence-corrected chi connectivity index (χ1v) is 6.68. The number of rotatable bonds is 3. The number of aryl methyl sites for hydroxylation is 1. The third-order valence-electron chi connectivity index (χ3n) is 2.91.